The molecule has 3 aromatic rings. The number of nitrogens with zero attached hydrogens (tertiary/aromatic N) is 4. The smallest absolute Gasteiger partial charge is 0.229 e. The molecule has 0 aliphatic carbocycles. The quantitative estimate of drug-likeness (QED) is 0.362. The normalized spacial score (nSPS) is 19.2. The van der Waals surface area contributed by atoms with Crippen LogP contribution in [0.25, 0.3) is 0 Å². The number of rotatable bonds is 9. The highest BCUT2D eigenvalue weighted by Crippen LogP contribution is 2.33. The molecule has 1 aliphatic rings. The second kappa shape index (κ2) is 11.1. The van der Waals surface area contributed by atoms with Crippen LogP contribution < -0.4 is 9.47 Å². The lowest BCUT2D eigenvalue weighted by Crippen LogP contribution is -2.42. The van der Waals surface area contributed by atoms with Crippen molar-refractivity contribution < 1.29 is 17.9 Å². The summed E-state index contributed by atoms with van der Waals surface area (Å²) in [7, 11) is -3.51. The minimum absolute atomic E-state index is 0.0558. The van der Waals surface area contributed by atoms with Crippen molar-refractivity contribution in [1.29, 1.82) is 0 Å². The molecular formula is C26H31ClN4O4S. The van der Waals surface area contributed by atoms with Crippen LogP contribution in [0.15, 0.2) is 48.9 Å². The Hall–Kier alpha value is -2.75. The number of aromatic nitrogens is 3. The number of sulfonamides is 1. The Morgan fingerprint density at radius 1 is 1.08 bits per heavy atom. The molecule has 3 atom stereocenters. The Morgan fingerprint density at radius 3 is 2.53 bits per heavy atom. The van der Waals surface area contributed by atoms with E-state index in [-0.39, 0.29) is 23.9 Å². The standard InChI is InChI=1S/C26H31ClN4O4S/c1-17-7-12-23(31(17)36(32,33)15-21-8-10-22(27)11-9-21)14-18(2)34-25-19(3)26(30-16-29-25)35-24-6-5-13-28-20(24)4/h5-6,8-11,13,16-18,23H,7,12,14-15H2,1-4H3/t17?,18-,23?/m1/s1. The fourth-order valence-electron chi connectivity index (χ4n) is 4.58. The molecule has 4 rings (SSSR count). The molecule has 8 nitrogen and oxygen atoms in total. The minimum Gasteiger partial charge on any atom is -0.474 e. The molecule has 0 spiro atoms. The van der Waals surface area contributed by atoms with Gasteiger partial charge in [0.15, 0.2) is 5.75 Å². The van der Waals surface area contributed by atoms with Gasteiger partial charge in [-0.2, -0.15) is 4.31 Å². The first-order valence-corrected chi connectivity index (χ1v) is 14.0. The molecule has 1 aromatic carbocycles. The van der Waals surface area contributed by atoms with E-state index in [1.54, 1.807) is 40.8 Å². The van der Waals surface area contributed by atoms with E-state index in [0.717, 1.165) is 24.1 Å². The lowest BCUT2D eigenvalue weighted by atomic mass is 10.1. The summed E-state index contributed by atoms with van der Waals surface area (Å²) in [5.74, 6) is 1.36. The Balaban J connectivity index is 1.45. The van der Waals surface area contributed by atoms with E-state index in [1.807, 2.05) is 33.8 Å². The van der Waals surface area contributed by atoms with Gasteiger partial charge in [0.2, 0.25) is 21.8 Å². The van der Waals surface area contributed by atoms with Gasteiger partial charge in [0.25, 0.3) is 0 Å². The fourth-order valence-corrected chi connectivity index (χ4v) is 6.77. The molecule has 0 saturated carbocycles. The van der Waals surface area contributed by atoms with Crippen molar-refractivity contribution in [3.05, 3.63) is 70.8 Å². The second-order valence-electron chi connectivity index (χ2n) is 9.25. The Kier molecular flexibility index (Phi) is 8.12. The maximum atomic E-state index is 13.4. The van der Waals surface area contributed by atoms with Gasteiger partial charge in [-0.3, -0.25) is 4.98 Å². The number of aryl methyl sites for hydroxylation is 1. The number of ether oxygens (including phenoxy) is 2. The molecule has 2 aromatic heterocycles. The van der Waals surface area contributed by atoms with E-state index < -0.39 is 10.0 Å². The third-order valence-corrected chi connectivity index (χ3v) is 8.62. The summed E-state index contributed by atoms with van der Waals surface area (Å²) < 4.78 is 40.5. The molecule has 0 N–H and O–H groups in total. The zero-order chi connectivity index (χ0) is 25.9. The minimum atomic E-state index is -3.51. The van der Waals surface area contributed by atoms with Gasteiger partial charge in [-0.15, -0.1) is 0 Å². The zero-order valence-electron chi connectivity index (χ0n) is 20.9. The van der Waals surface area contributed by atoms with Gasteiger partial charge in [-0.1, -0.05) is 23.7 Å². The lowest BCUT2D eigenvalue weighted by molar-refractivity contribution is 0.167. The van der Waals surface area contributed by atoms with Gasteiger partial charge in [-0.05, 0) is 70.4 Å². The maximum Gasteiger partial charge on any atom is 0.229 e. The third-order valence-electron chi connectivity index (χ3n) is 6.37. The van der Waals surface area contributed by atoms with Gasteiger partial charge >= 0.3 is 0 Å². The topological polar surface area (TPSA) is 94.5 Å². The summed E-state index contributed by atoms with van der Waals surface area (Å²) in [5, 5.41) is 0.582. The van der Waals surface area contributed by atoms with E-state index in [0.29, 0.717) is 34.5 Å². The maximum absolute atomic E-state index is 13.4. The Bertz CT molecular complexity index is 1300. The monoisotopic (exact) mass is 530 g/mol. The van der Waals surface area contributed by atoms with E-state index in [1.165, 1.54) is 6.33 Å². The van der Waals surface area contributed by atoms with Crippen LogP contribution in [0.3, 0.4) is 0 Å². The number of benzene rings is 1. The molecule has 192 valence electrons. The molecule has 0 radical (unpaired) electrons. The molecule has 36 heavy (non-hydrogen) atoms. The summed E-state index contributed by atoms with van der Waals surface area (Å²) in [6, 6.07) is 10.3. The predicted octanol–water partition coefficient (Wildman–Crippen LogP) is 5.47. The molecule has 0 amide bonds. The van der Waals surface area contributed by atoms with Gasteiger partial charge < -0.3 is 9.47 Å². The highest BCUT2D eigenvalue weighted by atomic mass is 35.5. The molecular weight excluding hydrogens is 500 g/mol. The number of hydrogen-bond donors (Lipinski definition) is 0. The van der Waals surface area contributed by atoms with Crippen LogP contribution in [0.2, 0.25) is 5.02 Å². The van der Waals surface area contributed by atoms with Crippen LogP contribution in [-0.4, -0.2) is 45.9 Å². The van der Waals surface area contributed by atoms with Crippen LogP contribution in [0, 0.1) is 13.8 Å². The molecule has 10 heteroatoms. The largest absolute Gasteiger partial charge is 0.474 e. The van der Waals surface area contributed by atoms with Gasteiger partial charge in [-0.25, -0.2) is 18.4 Å². The van der Waals surface area contributed by atoms with Crippen LogP contribution >= 0.6 is 11.6 Å². The number of halogens is 1. The van der Waals surface area contributed by atoms with Crippen molar-refractivity contribution in [2.75, 3.05) is 0 Å². The van der Waals surface area contributed by atoms with Crippen LogP contribution in [-0.2, 0) is 15.8 Å². The molecule has 1 saturated heterocycles. The summed E-state index contributed by atoms with van der Waals surface area (Å²) >= 11 is 5.95. The van der Waals surface area contributed by atoms with Crippen LogP contribution in [0.5, 0.6) is 17.5 Å². The summed E-state index contributed by atoms with van der Waals surface area (Å²) in [6.45, 7) is 7.59. The first-order chi connectivity index (χ1) is 17.1. The molecule has 0 bridgehead atoms. The Morgan fingerprint density at radius 2 is 1.81 bits per heavy atom. The van der Waals surface area contributed by atoms with Gasteiger partial charge in [0, 0.05) is 29.7 Å². The Labute approximate surface area is 217 Å². The average Bonchev–Trinajstić information content (AvgIpc) is 3.20. The van der Waals surface area contributed by atoms with E-state index in [2.05, 4.69) is 15.0 Å². The van der Waals surface area contributed by atoms with Crippen molar-refractivity contribution in [2.24, 2.45) is 0 Å². The van der Waals surface area contributed by atoms with Gasteiger partial charge in [0.1, 0.15) is 6.33 Å². The molecule has 3 heterocycles. The SMILES string of the molecule is Cc1ncccc1Oc1ncnc(O[C@H](C)CC2CCC(C)N2S(=O)(=O)Cc2ccc(Cl)cc2)c1C. The highest BCUT2D eigenvalue weighted by Gasteiger charge is 2.40. The summed E-state index contributed by atoms with van der Waals surface area (Å²) in [5.41, 5.74) is 2.13. The predicted molar refractivity (Wildman–Crippen MR) is 139 cm³/mol. The van der Waals surface area contributed by atoms with Gasteiger partial charge in [0.05, 0.1) is 23.1 Å². The van der Waals surface area contributed by atoms with Crippen LogP contribution in [0.1, 0.15) is 49.9 Å². The molecule has 1 fully saturated rings. The van der Waals surface area contributed by atoms with Crippen molar-refractivity contribution in [1.82, 2.24) is 19.3 Å². The number of pyridine rings is 1. The van der Waals surface area contributed by atoms with E-state index in [4.69, 9.17) is 21.1 Å². The third kappa shape index (κ3) is 6.14. The number of hydrogen-bond acceptors (Lipinski definition) is 7. The van der Waals surface area contributed by atoms with Crippen molar-refractivity contribution >= 4 is 21.6 Å². The van der Waals surface area contributed by atoms with Crippen molar-refractivity contribution in [2.45, 2.75) is 70.9 Å². The van der Waals surface area contributed by atoms with Crippen molar-refractivity contribution in [3.63, 3.8) is 0 Å². The van der Waals surface area contributed by atoms with Crippen molar-refractivity contribution in [3.8, 4) is 17.5 Å². The van der Waals surface area contributed by atoms with E-state index >= 15 is 0 Å². The molecule has 1 aliphatic heterocycles. The van der Waals surface area contributed by atoms with E-state index in [9.17, 15) is 8.42 Å². The molecule has 2 unspecified atom stereocenters. The summed E-state index contributed by atoms with van der Waals surface area (Å²) in [4.78, 5) is 12.8. The first kappa shape index (κ1) is 26.3. The fraction of sp³-hybridized carbons (Fsp3) is 0.423. The first-order valence-electron chi connectivity index (χ1n) is 12.0. The lowest BCUT2D eigenvalue weighted by Gasteiger charge is -2.29. The average molecular weight is 531 g/mol. The zero-order valence-corrected chi connectivity index (χ0v) is 22.5. The van der Waals surface area contributed by atoms with Crippen LogP contribution in [0.4, 0.5) is 0 Å². The summed E-state index contributed by atoms with van der Waals surface area (Å²) in [6.07, 6.45) is 4.98. The second-order valence-corrected chi connectivity index (χ2v) is 11.6. The highest BCUT2D eigenvalue weighted by molar-refractivity contribution is 7.88.